The molecule has 5 heteroatoms. The summed E-state index contributed by atoms with van der Waals surface area (Å²) in [6.45, 7) is 3.95. The predicted octanol–water partition coefficient (Wildman–Crippen LogP) is 3.63. The van der Waals surface area contributed by atoms with Crippen molar-refractivity contribution in [2.75, 3.05) is 0 Å². The number of aryl methyl sites for hydroxylation is 1. The van der Waals surface area contributed by atoms with Gasteiger partial charge in [0.15, 0.2) is 5.82 Å². The van der Waals surface area contributed by atoms with Gasteiger partial charge in [0.25, 0.3) is 0 Å². The van der Waals surface area contributed by atoms with E-state index in [-0.39, 0.29) is 11.9 Å². The lowest BCUT2D eigenvalue weighted by molar-refractivity contribution is 0.626. The molecule has 1 aromatic heterocycles. The largest absolute Gasteiger partial charge is 0.327 e. The highest BCUT2D eigenvalue weighted by atomic mass is 79.9. The standard InChI is InChI=1S/C15H17BrFN3/c1-3-13(18)8-14-4-9(2)19-15(20-14)10-5-11(16)7-12(17)6-10/h4-7,13H,3,8,18H2,1-2H3. The van der Waals surface area contributed by atoms with Gasteiger partial charge < -0.3 is 5.73 Å². The molecule has 2 rings (SSSR count). The third-order valence-corrected chi connectivity index (χ3v) is 3.48. The Kier molecular flexibility index (Phi) is 4.83. The molecular weight excluding hydrogens is 321 g/mol. The van der Waals surface area contributed by atoms with Crippen molar-refractivity contribution >= 4 is 15.9 Å². The Morgan fingerprint density at radius 2 is 2.00 bits per heavy atom. The van der Waals surface area contributed by atoms with Crippen LogP contribution < -0.4 is 5.73 Å². The molecule has 0 amide bonds. The van der Waals surface area contributed by atoms with E-state index in [1.54, 1.807) is 6.07 Å². The summed E-state index contributed by atoms with van der Waals surface area (Å²) in [6.07, 6.45) is 1.59. The van der Waals surface area contributed by atoms with Gasteiger partial charge in [0.05, 0.1) is 0 Å². The topological polar surface area (TPSA) is 51.8 Å². The van der Waals surface area contributed by atoms with Crippen molar-refractivity contribution in [2.45, 2.75) is 32.7 Å². The first-order valence-corrected chi connectivity index (χ1v) is 7.34. The summed E-state index contributed by atoms with van der Waals surface area (Å²) in [4.78, 5) is 8.88. The van der Waals surface area contributed by atoms with E-state index in [4.69, 9.17) is 5.73 Å². The molecule has 0 spiro atoms. The van der Waals surface area contributed by atoms with Crippen molar-refractivity contribution < 1.29 is 4.39 Å². The van der Waals surface area contributed by atoms with Crippen molar-refractivity contribution in [3.05, 3.63) is 45.9 Å². The Morgan fingerprint density at radius 1 is 1.25 bits per heavy atom. The maximum absolute atomic E-state index is 13.5. The number of nitrogens with two attached hydrogens (primary N) is 1. The molecule has 0 radical (unpaired) electrons. The molecule has 3 nitrogen and oxygen atoms in total. The average molecular weight is 338 g/mol. The van der Waals surface area contributed by atoms with E-state index in [1.165, 1.54) is 12.1 Å². The van der Waals surface area contributed by atoms with Crippen LogP contribution in [-0.4, -0.2) is 16.0 Å². The molecular formula is C15H17BrFN3. The first kappa shape index (κ1) is 15.1. The SMILES string of the molecule is CCC(N)Cc1cc(C)nc(-c2cc(F)cc(Br)c2)n1. The molecule has 2 N–H and O–H groups in total. The maximum Gasteiger partial charge on any atom is 0.159 e. The summed E-state index contributed by atoms with van der Waals surface area (Å²) in [7, 11) is 0. The number of benzene rings is 1. The minimum atomic E-state index is -0.314. The zero-order chi connectivity index (χ0) is 14.7. The van der Waals surface area contributed by atoms with Crippen LogP contribution in [0.25, 0.3) is 11.4 Å². The molecule has 0 saturated heterocycles. The highest BCUT2D eigenvalue weighted by molar-refractivity contribution is 9.10. The zero-order valence-corrected chi connectivity index (χ0v) is 13.1. The van der Waals surface area contributed by atoms with Gasteiger partial charge in [-0.3, -0.25) is 0 Å². The Labute approximate surface area is 126 Å². The van der Waals surface area contributed by atoms with Gasteiger partial charge in [0.2, 0.25) is 0 Å². The van der Waals surface area contributed by atoms with Crippen LogP contribution in [0.5, 0.6) is 0 Å². The molecule has 0 aliphatic carbocycles. The Balaban J connectivity index is 2.41. The van der Waals surface area contributed by atoms with Gasteiger partial charge in [-0.25, -0.2) is 14.4 Å². The second-order valence-corrected chi connectivity index (χ2v) is 5.77. The quantitative estimate of drug-likeness (QED) is 0.926. The Hall–Kier alpha value is -1.33. The van der Waals surface area contributed by atoms with Gasteiger partial charge in [-0.05, 0) is 37.6 Å². The molecule has 20 heavy (non-hydrogen) atoms. The molecule has 1 heterocycles. The minimum absolute atomic E-state index is 0.0800. The fraction of sp³-hybridized carbons (Fsp3) is 0.333. The van der Waals surface area contributed by atoms with Crippen molar-refractivity contribution in [1.29, 1.82) is 0 Å². The minimum Gasteiger partial charge on any atom is -0.327 e. The third kappa shape index (κ3) is 3.84. The number of rotatable bonds is 4. The number of aromatic nitrogens is 2. The lowest BCUT2D eigenvalue weighted by Crippen LogP contribution is -2.22. The van der Waals surface area contributed by atoms with Crippen LogP contribution in [0.4, 0.5) is 4.39 Å². The van der Waals surface area contributed by atoms with Gasteiger partial charge in [-0.1, -0.05) is 22.9 Å². The van der Waals surface area contributed by atoms with E-state index in [2.05, 4.69) is 25.9 Å². The average Bonchev–Trinajstić information content (AvgIpc) is 2.36. The second kappa shape index (κ2) is 6.41. The van der Waals surface area contributed by atoms with E-state index in [9.17, 15) is 4.39 Å². The maximum atomic E-state index is 13.5. The van der Waals surface area contributed by atoms with Crippen LogP contribution in [0, 0.1) is 12.7 Å². The van der Waals surface area contributed by atoms with Gasteiger partial charge in [-0.2, -0.15) is 0 Å². The second-order valence-electron chi connectivity index (χ2n) is 4.85. The summed E-state index contributed by atoms with van der Waals surface area (Å²) in [6, 6.07) is 6.65. The van der Waals surface area contributed by atoms with Crippen molar-refractivity contribution in [3.63, 3.8) is 0 Å². The van der Waals surface area contributed by atoms with Crippen molar-refractivity contribution in [2.24, 2.45) is 5.73 Å². The van der Waals surface area contributed by atoms with E-state index in [0.717, 1.165) is 17.8 Å². The van der Waals surface area contributed by atoms with Crippen LogP contribution in [0.1, 0.15) is 24.7 Å². The van der Waals surface area contributed by atoms with Gasteiger partial charge in [-0.15, -0.1) is 0 Å². The van der Waals surface area contributed by atoms with Crippen LogP contribution in [0.15, 0.2) is 28.7 Å². The first-order valence-electron chi connectivity index (χ1n) is 6.54. The van der Waals surface area contributed by atoms with Crippen LogP contribution in [0.3, 0.4) is 0 Å². The van der Waals surface area contributed by atoms with Crippen molar-refractivity contribution in [1.82, 2.24) is 9.97 Å². The number of nitrogens with zero attached hydrogens (tertiary/aromatic N) is 2. The fourth-order valence-corrected chi connectivity index (χ4v) is 2.43. The summed E-state index contributed by atoms with van der Waals surface area (Å²) in [5.41, 5.74) is 8.37. The molecule has 2 aromatic rings. The van der Waals surface area contributed by atoms with Gasteiger partial charge >= 0.3 is 0 Å². The molecule has 0 fully saturated rings. The molecule has 0 aliphatic rings. The predicted molar refractivity (Wildman–Crippen MR) is 81.8 cm³/mol. The first-order chi connectivity index (χ1) is 9.47. The van der Waals surface area contributed by atoms with Crippen LogP contribution in [-0.2, 0) is 6.42 Å². The van der Waals surface area contributed by atoms with Gasteiger partial charge in [0.1, 0.15) is 5.82 Å². The van der Waals surface area contributed by atoms with Gasteiger partial charge in [0, 0.05) is 33.9 Å². The molecule has 0 aliphatic heterocycles. The number of hydrogen-bond acceptors (Lipinski definition) is 3. The Morgan fingerprint density at radius 3 is 2.65 bits per heavy atom. The normalized spacial score (nSPS) is 12.4. The third-order valence-electron chi connectivity index (χ3n) is 3.02. The Bertz CT molecular complexity index is 596. The van der Waals surface area contributed by atoms with E-state index < -0.39 is 0 Å². The monoisotopic (exact) mass is 337 g/mol. The zero-order valence-electron chi connectivity index (χ0n) is 11.5. The fourth-order valence-electron chi connectivity index (χ4n) is 1.96. The van der Waals surface area contributed by atoms with Crippen molar-refractivity contribution in [3.8, 4) is 11.4 Å². The van der Waals surface area contributed by atoms with E-state index in [0.29, 0.717) is 22.3 Å². The summed E-state index contributed by atoms with van der Waals surface area (Å²) < 4.78 is 14.1. The number of halogens is 2. The molecule has 1 aromatic carbocycles. The lowest BCUT2D eigenvalue weighted by atomic mass is 10.1. The lowest BCUT2D eigenvalue weighted by Gasteiger charge is -2.10. The summed E-state index contributed by atoms with van der Waals surface area (Å²) in [5.74, 6) is 0.217. The molecule has 1 atom stereocenters. The molecule has 106 valence electrons. The highest BCUT2D eigenvalue weighted by Crippen LogP contribution is 2.22. The molecule has 1 unspecified atom stereocenters. The highest BCUT2D eigenvalue weighted by Gasteiger charge is 2.09. The summed E-state index contributed by atoms with van der Waals surface area (Å²) >= 11 is 3.28. The van der Waals surface area contributed by atoms with E-state index in [1.807, 2.05) is 19.9 Å². The molecule has 0 bridgehead atoms. The van der Waals surface area contributed by atoms with Crippen LogP contribution in [0.2, 0.25) is 0 Å². The molecule has 0 saturated carbocycles. The van der Waals surface area contributed by atoms with E-state index >= 15 is 0 Å². The smallest absolute Gasteiger partial charge is 0.159 e. The summed E-state index contributed by atoms with van der Waals surface area (Å²) in [5, 5.41) is 0. The van der Waals surface area contributed by atoms with Crippen LogP contribution >= 0.6 is 15.9 Å². The number of hydrogen-bond donors (Lipinski definition) is 1.